The summed E-state index contributed by atoms with van der Waals surface area (Å²) in [5, 5.41) is 0. The topological polar surface area (TPSA) is 88.3 Å². The van der Waals surface area contributed by atoms with Crippen LogP contribution in [0.3, 0.4) is 0 Å². The summed E-state index contributed by atoms with van der Waals surface area (Å²) in [5.41, 5.74) is 5.54. The minimum absolute atomic E-state index is 0.0121. The monoisotopic (exact) mass is 298 g/mol. The number of aromatic nitrogens is 1. The van der Waals surface area contributed by atoms with Crippen LogP contribution in [0.25, 0.3) is 0 Å². The predicted molar refractivity (Wildman–Crippen MR) is 78.7 cm³/mol. The van der Waals surface area contributed by atoms with Gasteiger partial charge >= 0.3 is 0 Å². The van der Waals surface area contributed by atoms with Crippen molar-refractivity contribution in [3.63, 3.8) is 0 Å². The first kappa shape index (κ1) is 15.2. The molecule has 6 nitrogen and oxygen atoms in total. The number of likely N-dealkylation sites (tertiary alicyclic amines) is 1. The van der Waals surface area contributed by atoms with Crippen LogP contribution in [0.4, 0.5) is 5.82 Å². The van der Waals surface area contributed by atoms with Crippen LogP contribution in [0.2, 0.25) is 0 Å². The van der Waals surface area contributed by atoms with Gasteiger partial charge in [0.15, 0.2) is 0 Å². The van der Waals surface area contributed by atoms with E-state index in [9.17, 15) is 8.42 Å². The van der Waals surface area contributed by atoms with E-state index in [1.54, 1.807) is 0 Å². The average molecular weight is 298 g/mol. The highest BCUT2D eigenvalue weighted by atomic mass is 32.2. The zero-order valence-electron chi connectivity index (χ0n) is 12.0. The molecule has 2 heterocycles. The van der Waals surface area contributed by atoms with E-state index in [1.807, 2.05) is 0 Å². The van der Waals surface area contributed by atoms with Crippen LogP contribution in [0.5, 0.6) is 0 Å². The highest BCUT2D eigenvalue weighted by Crippen LogP contribution is 2.29. The van der Waals surface area contributed by atoms with Gasteiger partial charge in [0.1, 0.15) is 5.82 Å². The third-order valence-corrected chi connectivity index (χ3v) is 5.34. The fourth-order valence-electron chi connectivity index (χ4n) is 2.28. The van der Waals surface area contributed by atoms with Gasteiger partial charge in [-0.25, -0.2) is 18.1 Å². The van der Waals surface area contributed by atoms with Crippen molar-refractivity contribution in [3.8, 4) is 0 Å². The SMILES string of the molecule is CN1CCC(C)(CNS(=O)(=O)c2ccnc(N)c2)CC1. The number of nitrogens with two attached hydrogens (primary N) is 1. The zero-order chi connectivity index (χ0) is 14.8. The molecule has 1 aromatic heterocycles. The summed E-state index contributed by atoms with van der Waals surface area (Å²) in [4.78, 5) is 6.24. The van der Waals surface area contributed by atoms with Crippen LogP contribution in [0.1, 0.15) is 19.8 Å². The molecule has 7 heteroatoms. The normalized spacial score (nSPS) is 19.9. The summed E-state index contributed by atoms with van der Waals surface area (Å²) >= 11 is 0. The smallest absolute Gasteiger partial charge is 0.240 e. The van der Waals surface area contributed by atoms with Crippen LogP contribution in [0.15, 0.2) is 23.2 Å². The molecule has 2 rings (SSSR count). The third kappa shape index (κ3) is 3.68. The average Bonchev–Trinajstić information content (AvgIpc) is 2.41. The van der Waals surface area contributed by atoms with E-state index in [0.29, 0.717) is 6.54 Å². The Bertz CT molecular complexity index is 565. The fourth-order valence-corrected chi connectivity index (χ4v) is 3.50. The van der Waals surface area contributed by atoms with Crippen LogP contribution in [0, 0.1) is 5.41 Å². The molecule has 112 valence electrons. The van der Waals surface area contributed by atoms with Gasteiger partial charge in [-0.3, -0.25) is 0 Å². The van der Waals surface area contributed by atoms with Gasteiger partial charge in [0.05, 0.1) is 4.90 Å². The Morgan fingerprint density at radius 1 is 1.45 bits per heavy atom. The van der Waals surface area contributed by atoms with E-state index < -0.39 is 10.0 Å². The Balaban J connectivity index is 2.03. The Morgan fingerprint density at radius 3 is 2.70 bits per heavy atom. The molecule has 1 aromatic rings. The maximum Gasteiger partial charge on any atom is 0.240 e. The first-order valence-corrected chi connectivity index (χ1v) is 8.19. The van der Waals surface area contributed by atoms with Gasteiger partial charge in [0.2, 0.25) is 10.0 Å². The standard InChI is InChI=1S/C13H22N4O2S/c1-13(4-7-17(2)8-5-13)10-16-20(18,19)11-3-6-15-12(14)9-11/h3,6,9,16H,4-5,7-8,10H2,1-2H3,(H2,14,15). The number of pyridine rings is 1. The molecule has 1 aliphatic rings. The fraction of sp³-hybridized carbons (Fsp3) is 0.615. The molecule has 1 fully saturated rings. The second-order valence-electron chi connectivity index (χ2n) is 5.85. The number of hydrogen-bond donors (Lipinski definition) is 2. The van der Waals surface area contributed by atoms with Crippen molar-refractivity contribution >= 4 is 15.8 Å². The molecular formula is C13H22N4O2S. The number of rotatable bonds is 4. The largest absolute Gasteiger partial charge is 0.384 e. The van der Waals surface area contributed by atoms with E-state index in [2.05, 4.69) is 28.6 Å². The molecule has 1 saturated heterocycles. The van der Waals surface area contributed by atoms with Crippen molar-refractivity contribution in [2.75, 3.05) is 32.4 Å². The van der Waals surface area contributed by atoms with Gasteiger partial charge in [0.25, 0.3) is 0 Å². The van der Waals surface area contributed by atoms with Crippen LogP contribution in [-0.2, 0) is 10.0 Å². The summed E-state index contributed by atoms with van der Waals surface area (Å²) < 4.78 is 27.2. The minimum Gasteiger partial charge on any atom is -0.384 e. The number of sulfonamides is 1. The van der Waals surface area contributed by atoms with Gasteiger partial charge in [-0.2, -0.15) is 0 Å². The molecule has 0 spiro atoms. The van der Waals surface area contributed by atoms with Gasteiger partial charge in [-0.05, 0) is 44.5 Å². The number of piperidine rings is 1. The van der Waals surface area contributed by atoms with Crippen LogP contribution < -0.4 is 10.5 Å². The molecule has 0 amide bonds. The zero-order valence-corrected chi connectivity index (χ0v) is 12.8. The lowest BCUT2D eigenvalue weighted by Gasteiger charge is -2.37. The first-order chi connectivity index (χ1) is 9.31. The molecule has 0 unspecified atom stereocenters. The van der Waals surface area contributed by atoms with E-state index in [4.69, 9.17) is 5.73 Å². The van der Waals surface area contributed by atoms with Crippen molar-refractivity contribution < 1.29 is 8.42 Å². The Labute approximate surface area is 120 Å². The molecule has 20 heavy (non-hydrogen) atoms. The molecular weight excluding hydrogens is 276 g/mol. The number of nitrogen functional groups attached to an aromatic ring is 1. The lowest BCUT2D eigenvalue weighted by atomic mass is 9.81. The molecule has 0 atom stereocenters. The van der Waals surface area contributed by atoms with Crippen molar-refractivity contribution in [2.24, 2.45) is 5.41 Å². The van der Waals surface area contributed by atoms with Crippen molar-refractivity contribution in [2.45, 2.75) is 24.7 Å². The lowest BCUT2D eigenvalue weighted by Crippen LogP contribution is -2.43. The van der Waals surface area contributed by atoms with Gasteiger partial charge in [-0.1, -0.05) is 6.92 Å². The second kappa shape index (κ2) is 5.67. The molecule has 0 bridgehead atoms. The van der Waals surface area contributed by atoms with Gasteiger partial charge < -0.3 is 10.6 Å². The van der Waals surface area contributed by atoms with E-state index in [-0.39, 0.29) is 16.1 Å². The molecule has 0 aromatic carbocycles. The second-order valence-corrected chi connectivity index (χ2v) is 7.62. The van der Waals surface area contributed by atoms with Crippen molar-refractivity contribution in [1.82, 2.24) is 14.6 Å². The van der Waals surface area contributed by atoms with E-state index >= 15 is 0 Å². The number of anilines is 1. The van der Waals surface area contributed by atoms with Crippen molar-refractivity contribution in [1.29, 1.82) is 0 Å². The molecule has 0 saturated carbocycles. The molecule has 0 radical (unpaired) electrons. The Morgan fingerprint density at radius 2 is 2.10 bits per heavy atom. The van der Waals surface area contributed by atoms with E-state index in [0.717, 1.165) is 25.9 Å². The predicted octanol–water partition coefficient (Wildman–Crippen LogP) is 0.674. The third-order valence-electron chi connectivity index (χ3n) is 3.95. The van der Waals surface area contributed by atoms with Gasteiger partial charge in [-0.15, -0.1) is 0 Å². The number of nitrogens with one attached hydrogen (secondary N) is 1. The molecule has 0 aliphatic carbocycles. The first-order valence-electron chi connectivity index (χ1n) is 6.71. The molecule has 3 N–H and O–H groups in total. The van der Waals surface area contributed by atoms with E-state index in [1.165, 1.54) is 18.3 Å². The number of hydrogen-bond acceptors (Lipinski definition) is 5. The summed E-state index contributed by atoms with van der Waals surface area (Å²) in [7, 11) is -1.43. The maximum atomic E-state index is 12.2. The highest BCUT2D eigenvalue weighted by Gasteiger charge is 2.30. The van der Waals surface area contributed by atoms with Crippen LogP contribution in [-0.4, -0.2) is 45.0 Å². The molecule has 1 aliphatic heterocycles. The van der Waals surface area contributed by atoms with Crippen molar-refractivity contribution in [3.05, 3.63) is 18.3 Å². The number of nitrogens with zero attached hydrogens (tertiary/aromatic N) is 2. The quantitative estimate of drug-likeness (QED) is 0.853. The van der Waals surface area contributed by atoms with Gasteiger partial charge in [0, 0.05) is 18.8 Å². The lowest BCUT2D eigenvalue weighted by molar-refractivity contribution is 0.143. The maximum absolute atomic E-state index is 12.2. The highest BCUT2D eigenvalue weighted by molar-refractivity contribution is 7.89. The van der Waals surface area contributed by atoms with Crippen LogP contribution >= 0.6 is 0 Å². The summed E-state index contributed by atoms with van der Waals surface area (Å²) in [6.45, 7) is 4.58. The summed E-state index contributed by atoms with van der Waals surface area (Å²) in [6.07, 6.45) is 3.39. The Hall–Kier alpha value is -1.18. The summed E-state index contributed by atoms with van der Waals surface area (Å²) in [6, 6.07) is 2.83. The Kier molecular flexibility index (Phi) is 4.31. The minimum atomic E-state index is -3.52. The summed E-state index contributed by atoms with van der Waals surface area (Å²) in [5.74, 6) is 0.207.